The molecule has 15 heteroatoms. The van der Waals surface area contributed by atoms with Gasteiger partial charge in [0.25, 0.3) is 21.5 Å². The van der Waals surface area contributed by atoms with Crippen molar-refractivity contribution in [2.75, 3.05) is 6.54 Å². The van der Waals surface area contributed by atoms with Crippen molar-refractivity contribution in [1.82, 2.24) is 14.6 Å². The van der Waals surface area contributed by atoms with Crippen LogP contribution in [0.2, 0.25) is 0 Å². The Hall–Kier alpha value is -5.57. The van der Waals surface area contributed by atoms with Gasteiger partial charge >= 0.3 is 5.97 Å². The second-order valence-electron chi connectivity index (χ2n) is 13.8. The highest BCUT2D eigenvalue weighted by atomic mass is 32.2. The van der Waals surface area contributed by atoms with E-state index in [4.69, 9.17) is 10.5 Å². The van der Waals surface area contributed by atoms with Crippen LogP contribution in [-0.2, 0) is 21.2 Å². The average Bonchev–Trinajstić information content (AvgIpc) is 3.10. The van der Waals surface area contributed by atoms with Gasteiger partial charge in [-0.2, -0.15) is 0 Å². The molecule has 1 atom stereocenters. The van der Waals surface area contributed by atoms with E-state index in [1.807, 2.05) is 20.8 Å². The molecule has 1 aromatic heterocycles. The first kappa shape index (κ1) is 39.6. The Morgan fingerprint density at radius 3 is 2.19 bits per heavy atom. The monoisotopic (exact) mass is 763 g/mol. The molecule has 54 heavy (non-hydrogen) atoms. The third-order valence-corrected chi connectivity index (χ3v) is 11.2. The predicted molar refractivity (Wildman–Crippen MR) is 199 cm³/mol. The Morgan fingerprint density at radius 1 is 0.981 bits per heavy atom. The molecule has 0 saturated carbocycles. The van der Waals surface area contributed by atoms with Crippen LogP contribution in [0.1, 0.15) is 82.9 Å². The number of carbonyl (C=O) groups is 2. The summed E-state index contributed by atoms with van der Waals surface area (Å²) in [5.41, 5.74) is 6.80. The molecule has 5 N–H and O–H groups in total. The fourth-order valence-electron chi connectivity index (χ4n) is 6.71. The van der Waals surface area contributed by atoms with E-state index in [9.17, 15) is 27.9 Å². The number of carboxylic acids is 1. The molecule has 0 unspecified atom stereocenters. The van der Waals surface area contributed by atoms with Crippen molar-refractivity contribution in [2.24, 2.45) is 10.7 Å². The van der Waals surface area contributed by atoms with Gasteiger partial charge in [0.05, 0.1) is 10.9 Å². The van der Waals surface area contributed by atoms with Crippen molar-refractivity contribution in [3.8, 4) is 5.75 Å². The number of benzene rings is 3. The molecule has 0 fully saturated rings. The van der Waals surface area contributed by atoms with Gasteiger partial charge < -0.3 is 25.5 Å². The number of amides is 1. The van der Waals surface area contributed by atoms with Gasteiger partial charge in [0.1, 0.15) is 34.6 Å². The zero-order valence-corrected chi connectivity index (χ0v) is 31.4. The molecule has 1 amide bonds. The summed E-state index contributed by atoms with van der Waals surface area (Å²) >= 11 is 0. The number of fused-ring (bicyclic) bond motifs is 1. The van der Waals surface area contributed by atoms with Crippen LogP contribution in [0.15, 0.2) is 81.5 Å². The van der Waals surface area contributed by atoms with Crippen molar-refractivity contribution in [1.29, 1.82) is 0 Å². The van der Waals surface area contributed by atoms with Crippen LogP contribution in [0, 0.1) is 32.4 Å². The van der Waals surface area contributed by atoms with E-state index in [0.29, 0.717) is 35.3 Å². The minimum absolute atomic E-state index is 0.0189. The number of carboxylic acid groups (broad SMARTS) is 1. The molecule has 1 aliphatic rings. The van der Waals surface area contributed by atoms with Gasteiger partial charge in [-0.15, -0.1) is 0 Å². The Morgan fingerprint density at radius 2 is 1.59 bits per heavy atom. The molecule has 12 nitrogen and oxygen atoms in total. The number of aliphatic carboxylic acids is 1. The summed E-state index contributed by atoms with van der Waals surface area (Å²) in [6.45, 7) is 9.11. The summed E-state index contributed by atoms with van der Waals surface area (Å²) in [4.78, 5) is 43.3. The number of halogens is 2. The first-order valence-corrected chi connectivity index (χ1v) is 18.8. The number of nitrogens with one attached hydrogen (secondary N) is 2. The lowest BCUT2D eigenvalue weighted by Crippen LogP contribution is -2.43. The van der Waals surface area contributed by atoms with Gasteiger partial charge in [0.2, 0.25) is 5.96 Å². The van der Waals surface area contributed by atoms with Crippen LogP contribution >= 0.6 is 0 Å². The molecule has 286 valence electrons. The maximum atomic E-state index is 15.0. The number of hydrogen-bond donors (Lipinski definition) is 4. The standard InChI is InChI=1S/C39H43F2N5O7S/c1-22-23(2)34(24(3)25-18-19-39(4,5)53-33(22)25)54(51,52)45-38(42)43-20-10-17-31(37(49)50)44-35(47)28-14-11-21-46(36(28)48)32(26-12-6-8-15-29(26)40)27-13-7-9-16-30(27)41/h6-9,11-16,21,31-32H,10,17-20H2,1-5H3,(H,44,47)(H,49,50)(H3,42,43,45)/t31-/m0/s1. The average molecular weight is 764 g/mol. The zero-order chi connectivity index (χ0) is 39.5. The number of carbonyl (C=O) groups excluding carboxylic acids is 1. The largest absolute Gasteiger partial charge is 0.487 e. The Balaban J connectivity index is 1.29. The number of hydrogen-bond acceptors (Lipinski definition) is 7. The summed E-state index contributed by atoms with van der Waals surface area (Å²) < 4.78 is 66.6. The molecule has 0 bridgehead atoms. The minimum atomic E-state index is -4.16. The predicted octanol–water partition coefficient (Wildman–Crippen LogP) is 5.05. The molecular weight excluding hydrogens is 721 g/mol. The molecular formula is C39H43F2N5O7S. The van der Waals surface area contributed by atoms with Crippen LogP contribution in [0.25, 0.3) is 0 Å². The molecule has 1 aliphatic heterocycles. The van der Waals surface area contributed by atoms with Crippen LogP contribution in [0.5, 0.6) is 5.75 Å². The topological polar surface area (TPSA) is 182 Å². The molecule has 0 radical (unpaired) electrons. The fraction of sp³-hybridized carbons (Fsp3) is 0.333. The first-order chi connectivity index (χ1) is 25.4. The molecule has 5 rings (SSSR count). The van der Waals surface area contributed by atoms with Gasteiger partial charge in [-0.05, 0) is 107 Å². The Kier molecular flexibility index (Phi) is 11.6. The summed E-state index contributed by atoms with van der Waals surface area (Å²) in [7, 11) is -4.16. The van der Waals surface area contributed by atoms with E-state index in [1.54, 1.807) is 13.8 Å². The lowest BCUT2D eigenvalue weighted by molar-refractivity contribution is -0.139. The number of pyridine rings is 1. The zero-order valence-electron chi connectivity index (χ0n) is 30.6. The molecule has 0 spiro atoms. The van der Waals surface area contributed by atoms with E-state index >= 15 is 8.78 Å². The highest BCUT2D eigenvalue weighted by Gasteiger charge is 2.34. The first-order valence-electron chi connectivity index (χ1n) is 17.3. The van der Waals surface area contributed by atoms with E-state index < -0.39 is 62.7 Å². The van der Waals surface area contributed by atoms with Crippen molar-refractivity contribution < 1.29 is 36.6 Å². The number of sulfonamides is 1. The number of rotatable bonds is 12. The Labute approximate surface area is 312 Å². The second kappa shape index (κ2) is 15.8. The van der Waals surface area contributed by atoms with E-state index in [2.05, 4.69) is 15.0 Å². The SMILES string of the molecule is Cc1c(C)c(S(=O)(=O)NC(N)=NCCC[C@H](NC(=O)c2cccn(C(c3ccccc3F)c3ccccc3F)c2=O)C(=O)O)c(C)c2c1OC(C)(C)CC2. The number of nitrogens with zero attached hydrogens (tertiary/aromatic N) is 2. The van der Waals surface area contributed by atoms with Crippen LogP contribution in [-0.4, -0.2) is 54.1 Å². The van der Waals surface area contributed by atoms with Crippen LogP contribution in [0.4, 0.5) is 8.78 Å². The van der Waals surface area contributed by atoms with E-state index in [0.717, 1.165) is 10.1 Å². The highest BCUT2D eigenvalue weighted by Crippen LogP contribution is 2.42. The van der Waals surface area contributed by atoms with Gasteiger partial charge in [0, 0.05) is 23.9 Å². The number of guanidine groups is 1. The number of aliphatic imine (C=N–C) groups is 1. The fourth-order valence-corrected chi connectivity index (χ4v) is 8.23. The molecule has 4 aromatic rings. The quantitative estimate of drug-likeness (QED) is 0.0879. The van der Waals surface area contributed by atoms with Crippen molar-refractivity contribution >= 4 is 27.9 Å². The summed E-state index contributed by atoms with van der Waals surface area (Å²) in [5.74, 6) is -3.52. The normalized spacial score (nSPS) is 14.6. The Bertz CT molecular complexity index is 2260. The second-order valence-corrected chi connectivity index (χ2v) is 15.5. The van der Waals surface area contributed by atoms with Crippen molar-refractivity contribution in [3.05, 3.63) is 128 Å². The maximum Gasteiger partial charge on any atom is 0.326 e. The van der Waals surface area contributed by atoms with Crippen molar-refractivity contribution in [2.45, 2.75) is 82.9 Å². The molecule has 0 saturated heterocycles. The third kappa shape index (κ3) is 8.30. The molecule has 2 heterocycles. The maximum absolute atomic E-state index is 15.0. The number of nitrogens with two attached hydrogens (primary N) is 1. The van der Waals surface area contributed by atoms with Gasteiger partial charge in [-0.1, -0.05) is 36.4 Å². The number of ether oxygens (including phenoxy) is 1. The highest BCUT2D eigenvalue weighted by molar-refractivity contribution is 7.90. The van der Waals surface area contributed by atoms with Gasteiger partial charge in [0.15, 0.2) is 0 Å². The van der Waals surface area contributed by atoms with Gasteiger partial charge in [-0.3, -0.25) is 14.6 Å². The van der Waals surface area contributed by atoms with E-state index in [-0.39, 0.29) is 41.0 Å². The summed E-state index contributed by atoms with van der Waals surface area (Å²) in [6.07, 6.45) is 2.55. The van der Waals surface area contributed by atoms with Gasteiger partial charge in [-0.25, -0.2) is 26.7 Å². The lowest BCUT2D eigenvalue weighted by Gasteiger charge is -2.35. The smallest absolute Gasteiger partial charge is 0.326 e. The van der Waals surface area contributed by atoms with Crippen LogP contribution in [0.3, 0.4) is 0 Å². The molecule has 3 aromatic carbocycles. The van der Waals surface area contributed by atoms with Crippen LogP contribution < -0.4 is 26.1 Å². The summed E-state index contributed by atoms with van der Waals surface area (Å²) in [6, 6.07) is 10.9. The number of aromatic nitrogens is 1. The molecule has 0 aliphatic carbocycles. The summed E-state index contributed by atoms with van der Waals surface area (Å²) in [5, 5.41) is 12.2. The lowest BCUT2D eigenvalue weighted by atomic mass is 9.88. The third-order valence-electron chi connectivity index (χ3n) is 9.61. The minimum Gasteiger partial charge on any atom is -0.487 e. The van der Waals surface area contributed by atoms with E-state index in [1.165, 1.54) is 66.9 Å². The van der Waals surface area contributed by atoms with Crippen molar-refractivity contribution in [3.63, 3.8) is 0 Å².